The van der Waals surface area contributed by atoms with E-state index in [2.05, 4.69) is 14.8 Å². The van der Waals surface area contributed by atoms with Gasteiger partial charge >= 0.3 is 5.00 Å². The third kappa shape index (κ3) is 2.44. The fraction of sp³-hybridized carbons (Fsp3) is 0.250. The lowest BCUT2D eigenvalue weighted by molar-refractivity contribution is -0.379. The van der Waals surface area contributed by atoms with Gasteiger partial charge in [0.15, 0.2) is 11.6 Å². The van der Waals surface area contributed by atoms with E-state index in [0.717, 1.165) is 22.1 Å². The molecule has 0 radical (unpaired) electrons. The van der Waals surface area contributed by atoms with Crippen LogP contribution in [0.1, 0.15) is 10.7 Å². The largest absolute Gasteiger partial charge is 0.356 e. The summed E-state index contributed by atoms with van der Waals surface area (Å²) >= 11 is 1.22. The third-order valence-corrected chi connectivity index (χ3v) is 5.10. The van der Waals surface area contributed by atoms with Crippen LogP contribution in [0.25, 0.3) is 11.4 Å². The van der Waals surface area contributed by atoms with E-state index in [1.165, 1.54) is 11.3 Å². The summed E-state index contributed by atoms with van der Waals surface area (Å²) in [6, 6.07) is 11.8. The van der Waals surface area contributed by atoms with Crippen molar-refractivity contribution in [2.45, 2.75) is 20.0 Å². The predicted molar refractivity (Wildman–Crippen MR) is 92.2 cm³/mol. The molecular weight excluding hydrogens is 326 g/mol. The van der Waals surface area contributed by atoms with Gasteiger partial charge in [-0.2, -0.15) is 0 Å². The minimum Gasteiger partial charge on any atom is -0.356 e. The van der Waals surface area contributed by atoms with Crippen LogP contribution >= 0.6 is 11.3 Å². The van der Waals surface area contributed by atoms with E-state index >= 15 is 0 Å². The number of aryl methyl sites for hydroxylation is 1. The highest BCUT2D eigenvalue weighted by molar-refractivity contribution is 7.15. The second kappa shape index (κ2) is 5.72. The van der Waals surface area contributed by atoms with Crippen LogP contribution < -0.4 is 4.90 Å². The summed E-state index contributed by atoms with van der Waals surface area (Å²) in [5, 5.41) is 20.1. The van der Waals surface area contributed by atoms with Crippen molar-refractivity contribution < 1.29 is 4.92 Å². The van der Waals surface area contributed by atoms with E-state index in [9.17, 15) is 10.1 Å². The molecule has 0 fully saturated rings. The third-order valence-electron chi connectivity index (χ3n) is 4.11. The normalized spacial score (nSPS) is 13.8. The Morgan fingerprint density at radius 2 is 2.00 bits per heavy atom. The van der Waals surface area contributed by atoms with Crippen LogP contribution in [0.5, 0.6) is 0 Å². The Hall–Kier alpha value is -2.74. The number of hydrogen-bond donors (Lipinski definition) is 0. The SMILES string of the molecule is Cc1cc(N2CCn3c(nnc3-c3ccccc3)C2)c([N+](=O)[O-])s1. The number of nitrogens with zero attached hydrogens (tertiary/aromatic N) is 5. The zero-order valence-electron chi connectivity index (χ0n) is 13.0. The average molecular weight is 341 g/mol. The first kappa shape index (κ1) is 14.8. The molecule has 0 aliphatic carbocycles. The van der Waals surface area contributed by atoms with Crippen molar-refractivity contribution in [1.82, 2.24) is 14.8 Å². The first-order valence-corrected chi connectivity index (χ1v) is 8.42. The molecule has 0 bridgehead atoms. The molecule has 7 nitrogen and oxygen atoms in total. The molecule has 0 unspecified atom stereocenters. The minimum atomic E-state index is -0.304. The molecule has 2 aromatic heterocycles. The van der Waals surface area contributed by atoms with Crippen LogP contribution in [0.4, 0.5) is 10.7 Å². The Morgan fingerprint density at radius 1 is 1.21 bits per heavy atom. The molecule has 24 heavy (non-hydrogen) atoms. The number of thiophene rings is 1. The summed E-state index contributed by atoms with van der Waals surface area (Å²) < 4.78 is 2.09. The molecule has 0 saturated heterocycles. The van der Waals surface area contributed by atoms with Crippen molar-refractivity contribution in [2.75, 3.05) is 11.4 Å². The average Bonchev–Trinajstić information content (AvgIpc) is 3.18. The van der Waals surface area contributed by atoms with Gasteiger partial charge in [-0.25, -0.2) is 0 Å². The van der Waals surface area contributed by atoms with Gasteiger partial charge in [0.2, 0.25) is 0 Å². The first-order chi connectivity index (χ1) is 11.6. The summed E-state index contributed by atoms with van der Waals surface area (Å²) in [5.41, 5.74) is 1.71. The van der Waals surface area contributed by atoms with Gasteiger partial charge in [0.1, 0.15) is 5.69 Å². The van der Waals surface area contributed by atoms with Gasteiger partial charge in [0, 0.05) is 23.5 Å². The van der Waals surface area contributed by atoms with Crippen molar-refractivity contribution in [3.8, 4) is 11.4 Å². The smallest absolute Gasteiger partial charge is 0.347 e. The fourth-order valence-corrected chi connectivity index (χ4v) is 3.85. The number of hydrogen-bond acceptors (Lipinski definition) is 6. The topological polar surface area (TPSA) is 77.1 Å². The quantitative estimate of drug-likeness (QED) is 0.540. The molecule has 0 spiro atoms. The summed E-state index contributed by atoms with van der Waals surface area (Å²) in [5.74, 6) is 1.68. The van der Waals surface area contributed by atoms with Crippen molar-refractivity contribution in [3.05, 3.63) is 57.2 Å². The number of anilines is 1. The second-order valence-corrected chi connectivity index (χ2v) is 6.92. The molecule has 0 amide bonds. The van der Waals surface area contributed by atoms with Crippen LogP contribution in [-0.4, -0.2) is 26.2 Å². The van der Waals surface area contributed by atoms with Gasteiger partial charge in [0.25, 0.3) is 0 Å². The van der Waals surface area contributed by atoms with Crippen molar-refractivity contribution in [1.29, 1.82) is 0 Å². The molecule has 3 heterocycles. The number of rotatable bonds is 3. The van der Waals surface area contributed by atoms with Crippen molar-refractivity contribution in [2.24, 2.45) is 0 Å². The van der Waals surface area contributed by atoms with Gasteiger partial charge < -0.3 is 9.47 Å². The van der Waals surface area contributed by atoms with E-state index in [1.807, 2.05) is 48.2 Å². The summed E-state index contributed by atoms with van der Waals surface area (Å²) in [4.78, 5) is 13.9. The lowest BCUT2D eigenvalue weighted by Gasteiger charge is -2.28. The lowest BCUT2D eigenvalue weighted by atomic mass is 10.2. The fourth-order valence-electron chi connectivity index (χ4n) is 3.01. The molecule has 1 aliphatic rings. The molecule has 4 rings (SSSR count). The Balaban J connectivity index is 1.66. The van der Waals surface area contributed by atoms with E-state index in [-0.39, 0.29) is 9.92 Å². The standard InChI is InChI=1S/C16H15N5O2S/c1-11-9-13(16(24-11)21(22)23)19-7-8-20-14(10-19)17-18-15(20)12-5-3-2-4-6-12/h2-6,9H,7-8,10H2,1H3. The monoisotopic (exact) mass is 341 g/mol. The number of benzene rings is 1. The van der Waals surface area contributed by atoms with Gasteiger partial charge in [-0.1, -0.05) is 41.7 Å². The zero-order chi connectivity index (χ0) is 16.7. The highest BCUT2D eigenvalue weighted by Gasteiger charge is 2.28. The molecular formula is C16H15N5O2S. The first-order valence-electron chi connectivity index (χ1n) is 7.61. The lowest BCUT2D eigenvalue weighted by Crippen LogP contribution is -2.34. The molecule has 122 valence electrons. The molecule has 1 aromatic carbocycles. The molecule has 1 aliphatic heterocycles. The maximum atomic E-state index is 11.3. The van der Waals surface area contributed by atoms with Crippen LogP contribution in [0.2, 0.25) is 0 Å². The molecule has 0 saturated carbocycles. The summed E-state index contributed by atoms with van der Waals surface area (Å²) in [7, 11) is 0. The van der Waals surface area contributed by atoms with E-state index < -0.39 is 0 Å². The number of nitro groups is 1. The number of fused-ring (bicyclic) bond motifs is 1. The van der Waals surface area contributed by atoms with Crippen LogP contribution in [-0.2, 0) is 13.1 Å². The Bertz CT molecular complexity index is 903. The zero-order valence-corrected chi connectivity index (χ0v) is 13.9. The van der Waals surface area contributed by atoms with Crippen LogP contribution in [0.3, 0.4) is 0 Å². The number of aromatic nitrogens is 3. The molecule has 8 heteroatoms. The van der Waals surface area contributed by atoms with Gasteiger partial charge in [-0.05, 0) is 13.0 Å². The van der Waals surface area contributed by atoms with Crippen LogP contribution in [0.15, 0.2) is 36.4 Å². The second-order valence-electron chi connectivity index (χ2n) is 5.68. The maximum Gasteiger partial charge on any atom is 0.347 e. The van der Waals surface area contributed by atoms with Crippen molar-refractivity contribution in [3.63, 3.8) is 0 Å². The molecule has 3 aromatic rings. The Kier molecular flexibility index (Phi) is 3.53. The van der Waals surface area contributed by atoms with E-state index in [1.54, 1.807) is 0 Å². The highest BCUT2D eigenvalue weighted by Crippen LogP contribution is 2.38. The maximum absolute atomic E-state index is 11.3. The molecule has 0 N–H and O–H groups in total. The highest BCUT2D eigenvalue weighted by atomic mass is 32.1. The predicted octanol–water partition coefficient (Wildman–Crippen LogP) is 3.24. The van der Waals surface area contributed by atoms with Crippen molar-refractivity contribution >= 4 is 22.0 Å². The van der Waals surface area contributed by atoms with E-state index in [4.69, 9.17) is 0 Å². The minimum absolute atomic E-state index is 0.198. The van der Waals surface area contributed by atoms with Crippen LogP contribution in [0, 0.1) is 17.0 Å². The summed E-state index contributed by atoms with van der Waals surface area (Å²) in [6.07, 6.45) is 0. The Morgan fingerprint density at radius 3 is 2.75 bits per heavy atom. The Labute approximate surface area is 142 Å². The van der Waals surface area contributed by atoms with Gasteiger partial charge in [0.05, 0.1) is 11.5 Å². The van der Waals surface area contributed by atoms with E-state index in [0.29, 0.717) is 25.3 Å². The molecule has 0 atom stereocenters. The van der Waals surface area contributed by atoms with Gasteiger partial charge in [-0.15, -0.1) is 10.2 Å². The van der Waals surface area contributed by atoms with Gasteiger partial charge in [-0.3, -0.25) is 10.1 Å². The summed E-state index contributed by atoms with van der Waals surface area (Å²) in [6.45, 7) is 3.82.